The van der Waals surface area contributed by atoms with Crippen molar-refractivity contribution in [1.29, 1.82) is 0 Å². The molecule has 8 nitrogen and oxygen atoms in total. The van der Waals surface area contributed by atoms with E-state index in [-0.39, 0.29) is 16.6 Å². The van der Waals surface area contributed by atoms with E-state index in [0.717, 1.165) is 5.69 Å². The largest absolute Gasteiger partial charge is 0.497 e. The van der Waals surface area contributed by atoms with Gasteiger partial charge in [-0.2, -0.15) is 0 Å². The average Bonchev–Trinajstić information content (AvgIpc) is 3.05. The topological polar surface area (TPSA) is 90.8 Å². The fraction of sp³-hybridized carbons (Fsp3) is 0.136. The maximum atomic E-state index is 13.2. The highest BCUT2D eigenvalue weighted by atomic mass is 32.1. The van der Waals surface area contributed by atoms with Gasteiger partial charge in [-0.25, -0.2) is 0 Å². The Morgan fingerprint density at radius 1 is 1.06 bits per heavy atom. The van der Waals surface area contributed by atoms with Gasteiger partial charge in [0.2, 0.25) is 11.4 Å². The lowest BCUT2D eigenvalue weighted by Gasteiger charge is -2.29. The summed E-state index contributed by atoms with van der Waals surface area (Å²) < 4.78 is 6.78. The number of thiocarbonyl (C=S) groups is 1. The van der Waals surface area contributed by atoms with Crippen molar-refractivity contribution in [3.63, 3.8) is 0 Å². The predicted octanol–water partition coefficient (Wildman–Crippen LogP) is 1.84. The first-order chi connectivity index (χ1) is 14.9. The molecule has 0 bridgehead atoms. The van der Waals surface area contributed by atoms with E-state index in [4.69, 9.17) is 17.0 Å². The Hall–Kier alpha value is -3.85. The Morgan fingerprint density at radius 2 is 1.74 bits per heavy atom. The minimum Gasteiger partial charge on any atom is -0.497 e. The summed E-state index contributed by atoms with van der Waals surface area (Å²) in [7, 11) is 1.54. The van der Waals surface area contributed by atoms with Crippen LogP contribution in [0.3, 0.4) is 0 Å². The second kappa shape index (κ2) is 8.11. The third-order valence-corrected chi connectivity index (χ3v) is 5.37. The van der Waals surface area contributed by atoms with Crippen molar-refractivity contribution in [1.82, 2.24) is 10.7 Å². The van der Waals surface area contributed by atoms with E-state index in [1.807, 2.05) is 30.3 Å². The summed E-state index contributed by atoms with van der Waals surface area (Å²) in [6.45, 7) is 1.77. The molecule has 2 aromatic rings. The number of carbonyl (C=O) groups is 3. The number of amides is 3. The zero-order valence-corrected chi connectivity index (χ0v) is 17.6. The van der Waals surface area contributed by atoms with Gasteiger partial charge in [0, 0.05) is 19.1 Å². The molecule has 0 saturated carbocycles. The van der Waals surface area contributed by atoms with Crippen molar-refractivity contribution in [3.8, 4) is 5.75 Å². The molecule has 0 aliphatic carbocycles. The number of nitrogens with zero attached hydrogens (tertiary/aromatic N) is 2. The zero-order chi connectivity index (χ0) is 22.1. The number of methoxy groups -OCH3 is 1. The minimum atomic E-state index is -0.783. The van der Waals surface area contributed by atoms with Crippen LogP contribution in [0, 0.1) is 5.92 Å². The molecule has 2 aromatic carbocycles. The number of rotatable bonds is 4. The summed E-state index contributed by atoms with van der Waals surface area (Å²) in [5.74, 6) is -1.74. The average molecular weight is 435 g/mol. The normalized spacial score (nSPS) is 20.3. The summed E-state index contributed by atoms with van der Waals surface area (Å²) in [4.78, 5) is 39.6. The van der Waals surface area contributed by atoms with Crippen molar-refractivity contribution in [2.75, 3.05) is 12.0 Å². The van der Waals surface area contributed by atoms with Gasteiger partial charge in [-0.3, -0.25) is 24.6 Å². The molecule has 1 atom stereocenters. The molecule has 2 aliphatic rings. The maximum absolute atomic E-state index is 13.2. The number of hydrogen-bond donors (Lipinski definition) is 2. The Bertz CT molecular complexity index is 1160. The highest BCUT2D eigenvalue weighted by Crippen LogP contribution is 2.25. The number of hydrogen-bond acceptors (Lipinski definition) is 5. The van der Waals surface area contributed by atoms with Gasteiger partial charge in [0.1, 0.15) is 17.2 Å². The van der Waals surface area contributed by atoms with Crippen LogP contribution in [0.25, 0.3) is 0 Å². The molecule has 2 aliphatic heterocycles. The predicted molar refractivity (Wildman–Crippen MR) is 118 cm³/mol. The molecular formula is C22H19N4O4S+. The van der Waals surface area contributed by atoms with Crippen molar-refractivity contribution in [3.05, 3.63) is 66.2 Å². The quantitative estimate of drug-likeness (QED) is 0.331. The number of anilines is 1. The first kappa shape index (κ1) is 20.4. The van der Waals surface area contributed by atoms with Gasteiger partial charge in [-0.15, -0.1) is 5.43 Å². The van der Waals surface area contributed by atoms with E-state index in [1.165, 1.54) is 18.1 Å². The summed E-state index contributed by atoms with van der Waals surface area (Å²) in [6.07, 6.45) is 1.38. The smallest absolute Gasteiger partial charge is 0.291 e. The molecular weight excluding hydrogens is 416 g/mol. The van der Waals surface area contributed by atoms with Crippen LogP contribution in [0.5, 0.6) is 5.75 Å². The molecule has 9 heteroatoms. The third kappa shape index (κ3) is 3.71. The van der Waals surface area contributed by atoms with Gasteiger partial charge in [-0.05, 0) is 42.6 Å². The van der Waals surface area contributed by atoms with Crippen LogP contribution >= 0.6 is 12.2 Å². The van der Waals surface area contributed by atoms with E-state index in [2.05, 4.69) is 10.7 Å². The van der Waals surface area contributed by atoms with Crippen molar-refractivity contribution in [2.24, 2.45) is 5.92 Å². The van der Waals surface area contributed by atoms with Crippen molar-refractivity contribution < 1.29 is 23.8 Å². The van der Waals surface area contributed by atoms with Crippen LogP contribution in [0.2, 0.25) is 0 Å². The van der Waals surface area contributed by atoms with Crippen molar-refractivity contribution >= 4 is 52.1 Å². The highest BCUT2D eigenvalue weighted by Gasteiger charge is 2.41. The second-order valence-electron chi connectivity index (χ2n) is 6.94. The van der Waals surface area contributed by atoms with Gasteiger partial charge in [-0.1, -0.05) is 22.9 Å². The number of nitrogens with one attached hydrogen (secondary N) is 2. The Kier molecular flexibility index (Phi) is 5.35. The molecule has 31 heavy (non-hydrogen) atoms. The second-order valence-corrected chi connectivity index (χ2v) is 7.33. The van der Waals surface area contributed by atoms with E-state index >= 15 is 0 Å². The summed E-state index contributed by atoms with van der Waals surface area (Å²) in [5, 5.41) is 2.50. The first-order valence-electron chi connectivity index (χ1n) is 9.45. The zero-order valence-electron chi connectivity index (χ0n) is 16.8. The van der Waals surface area contributed by atoms with Crippen LogP contribution in [0.1, 0.15) is 6.92 Å². The van der Waals surface area contributed by atoms with Gasteiger partial charge >= 0.3 is 0 Å². The van der Waals surface area contributed by atoms with Crippen LogP contribution in [0.15, 0.2) is 66.2 Å². The number of hydrazine groups is 1. The SMILES string of the molecule is COc1ccc(N2C(=O)/C(=C/C3C(=O)N[N+](c4ccccc4)=C3C)C(=O)NC2=S)cc1. The first-order valence-corrected chi connectivity index (χ1v) is 9.86. The lowest BCUT2D eigenvalue weighted by atomic mass is 9.99. The van der Waals surface area contributed by atoms with E-state index < -0.39 is 17.7 Å². The van der Waals surface area contributed by atoms with Crippen molar-refractivity contribution in [2.45, 2.75) is 6.92 Å². The summed E-state index contributed by atoms with van der Waals surface area (Å²) >= 11 is 5.21. The Balaban J connectivity index is 1.69. The molecule has 2 heterocycles. The number of hydrazone groups is 1. The van der Waals surface area contributed by atoms with Crippen LogP contribution in [-0.2, 0) is 14.4 Å². The highest BCUT2D eigenvalue weighted by molar-refractivity contribution is 7.80. The van der Waals surface area contributed by atoms with E-state index in [9.17, 15) is 14.4 Å². The number of carbonyl (C=O) groups excluding carboxylic acids is 3. The lowest BCUT2D eigenvalue weighted by Crippen LogP contribution is -2.54. The molecule has 0 radical (unpaired) electrons. The molecule has 2 N–H and O–H groups in total. The number of benzene rings is 2. The summed E-state index contributed by atoms with van der Waals surface area (Å²) in [5.41, 5.74) is 4.51. The molecule has 4 rings (SSSR count). The van der Waals surface area contributed by atoms with Gasteiger partial charge in [0.25, 0.3) is 17.7 Å². The summed E-state index contributed by atoms with van der Waals surface area (Å²) in [6, 6.07) is 16.0. The minimum absolute atomic E-state index is 0.0280. The molecule has 0 aromatic heterocycles. The lowest BCUT2D eigenvalue weighted by molar-refractivity contribution is -0.486. The molecule has 1 unspecified atom stereocenters. The fourth-order valence-electron chi connectivity index (χ4n) is 3.45. The van der Waals surface area contributed by atoms with Gasteiger partial charge < -0.3 is 4.74 Å². The third-order valence-electron chi connectivity index (χ3n) is 5.09. The van der Waals surface area contributed by atoms with E-state index in [1.54, 1.807) is 35.9 Å². The van der Waals surface area contributed by atoms with Gasteiger partial charge in [0.05, 0.1) is 12.8 Å². The van der Waals surface area contributed by atoms with E-state index in [0.29, 0.717) is 17.1 Å². The number of para-hydroxylation sites is 1. The maximum Gasteiger partial charge on any atom is 0.291 e. The van der Waals surface area contributed by atoms with Crippen LogP contribution in [-0.4, -0.2) is 40.3 Å². The number of ether oxygens (including phenoxy) is 1. The van der Waals surface area contributed by atoms with Crippen LogP contribution < -0.4 is 20.4 Å². The molecule has 156 valence electrons. The Labute approximate surface area is 183 Å². The molecule has 1 saturated heterocycles. The van der Waals surface area contributed by atoms with Gasteiger partial charge in [0.15, 0.2) is 5.11 Å². The molecule has 0 spiro atoms. The standard InChI is InChI=1S/C22H18N4O4S/c1-13-17(20(28)24-26(13)15-6-4-3-5-7-15)12-18-19(27)23-22(31)25(21(18)29)14-8-10-16(30-2)11-9-14/h3-12,17H,1-2H3,(H-,23,24,27,28,31)/p+1/b18-12+. The molecule has 1 fully saturated rings. The monoisotopic (exact) mass is 435 g/mol. The molecule has 3 amide bonds. The van der Waals surface area contributed by atoms with Crippen LogP contribution in [0.4, 0.5) is 11.4 Å². The fourth-order valence-corrected chi connectivity index (χ4v) is 3.73. The Morgan fingerprint density at radius 3 is 2.39 bits per heavy atom.